The van der Waals surface area contributed by atoms with Crippen molar-refractivity contribution in [1.29, 1.82) is 0 Å². The fourth-order valence-corrected chi connectivity index (χ4v) is 6.39. The minimum absolute atomic E-state index is 0.0637. The zero-order chi connectivity index (χ0) is 22.5. The van der Waals surface area contributed by atoms with Crippen LogP contribution in [0.15, 0.2) is 36.4 Å². The number of unbranched alkanes of at least 4 members (excludes halogenated alkanes) is 4. The molecular formula is C29H37ClF2. The first-order chi connectivity index (χ1) is 15.5. The van der Waals surface area contributed by atoms with Crippen LogP contribution in [0.1, 0.15) is 95.5 Å². The molecule has 0 nitrogen and oxygen atoms in total. The van der Waals surface area contributed by atoms with Crippen LogP contribution in [0.2, 0.25) is 5.02 Å². The van der Waals surface area contributed by atoms with Crippen LogP contribution in [0.5, 0.6) is 0 Å². The summed E-state index contributed by atoms with van der Waals surface area (Å²) >= 11 is 5.77. The summed E-state index contributed by atoms with van der Waals surface area (Å²) in [6, 6.07) is 10.0. The molecule has 2 aliphatic rings. The molecule has 0 aromatic heterocycles. The molecule has 32 heavy (non-hydrogen) atoms. The molecule has 0 saturated heterocycles. The quantitative estimate of drug-likeness (QED) is 0.345. The van der Waals surface area contributed by atoms with Gasteiger partial charge in [-0.15, -0.1) is 0 Å². The lowest BCUT2D eigenvalue weighted by Crippen LogP contribution is -2.30. The lowest BCUT2D eigenvalue weighted by molar-refractivity contribution is 0.113. The lowest BCUT2D eigenvalue weighted by Gasteiger charge is -2.42. The molecule has 0 radical (unpaired) electrons. The Morgan fingerprint density at radius 1 is 0.812 bits per heavy atom. The van der Waals surface area contributed by atoms with Crippen LogP contribution in [0, 0.1) is 29.4 Å². The summed E-state index contributed by atoms with van der Waals surface area (Å²) in [6.45, 7) is 2.28. The molecule has 4 rings (SSSR count). The Morgan fingerprint density at radius 2 is 1.59 bits per heavy atom. The van der Waals surface area contributed by atoms with Gasteiger partial charge in [0.15, 0.2) is 0 Å². The molecule has 0 aliphatic heterocycles. The summed E-state index contributed by atoms with van der Waals surface area (Å²) in [4.78, 5) is 0. The van der Waals surface area contributed by atoms with Gasteiger partial charge in [-0.3, -0.25) is 0 Å². The molecule has 0 bridgehead atoms. The number of halogens is 3. The number of rotatable bonds is 8. The van der Waals surface area contributed by atoms with Crippen LogP contribution < -0.4 is 0 Å². The van der Waals surface area contributed by atoms with E-state index in [9.17, 15) is 8.78 Å². The molecule has 0 N–H and O–H groups in total. The van der Waals surface area contributed by atoms with E-state index in [1.54, 1.807) is 12.1 Å². The van der Waals surface area contributed by atoms with E-state index in [-0.39, 0.29) is 10.8 Å². The Morgan fingerprint density at radius 3 is 2.38 bits per heavy atom. The van der Waals surface area contributed by atoms with Gasteiger partial charge in [-0.1, -0.05) is 81.7 Å². The minimum Gasteiger partial charge on any atom is -0.206 e. The topological polar surface area (TPSA) is 0 Å². The summed E-state index contributed by atoms with van der Waals surface area (Å²) in [6.07, 6.45) is 16.2. The van der Waals surface area contributed by atoms with Crippen molar-refractivity contribution in [3.63, 3.8) is 0 Å². The van der Waals surface area contributed by atoms with Crippen LogP contribution >= 0.6 is 11.6 Å². The van der Waals surface area contributed by atoms with Gasteiger partial charge in [0.2, 0.25) is 0 Å². The van der Waals surface area contributed by atoms with E-state index in [1.165, 1.54) is 89.2 Å². The van der Waals surface area contributed by atoms with Crippen LogP contribution in [-0.2, 0) is 0 Å². The summed E-state index contributed by atoms with van der Waals surface area (Å²) in [5, 5.41) is 0.0637. The van der Waals surface area contributed by atoms with E-state index >= 15 is 0 Å². The van der Waals surface area contributed by atoms with Crippen molar-refractivity contribution in [2.45, 2.75) is 89.9 Å². The smallest absolute Gasteiger partial charge is 0.142 e. The third-order valence-electron chi connectivity index (χ3n) is 8.13. The van der Waals surface area contributed by atoms with Gasteiger partial charge in [0.1, 0.15) is 11.6 Å². The fraction of sp³-hybridized carbons (Fsp3) is 0.586. The molecule has 3 heteroatoms. The van der Waals surface area contributed by atoms with Crippen LogP contribution in [0.25, 0.3) is 11.1 Å². The fourth-order valence-electron chi connectivity index (χ4n) is 6.27. The van der Waals surface area contributed by atoms with Crippen molar-refractivity contribution in [1.82, 2.24) is 0 Å². The van der Waals surface area contributed by atoms with Gasteiger partial charge < -0.3 is 0 Å². The summed E-state index contributed by atoms with van der Waals surface area (Å²) in [7, 11) is 0. The van der Waals surface area contributed by atoms with E-state index in [0.717, 1.165) is 23.3 Å². The summed E-state index contributed by atoms with van der Waals surface area (Å²) < 4.78 is 28.8. The molecule has 0 heterocycles. The number of hydrogen-bond acceptors (Lipinski definition) is 0. The molecule has 174 valence electrons. The normalized spacial score (nSPS) is 25.5. The maximum absolute atomic E-state index is 14.9. The van der Waals surface area contributed by atoms with Gasteiger partial charge in [0, 0.05) is 5.56 Å². The molecule has 2 fully saturated rings. The monoisotopic (exact) mass is 458 g/mol. The van der Waals surface area contributed by atoms with E-state index in [2.05, 4.69) is 13.0 Å². The Bertz CT molecular complexity index is 893. The largest absolute Gasteiger partial charge is 0.206 e. The molecular weight excluding hydrogens is 422 g/mol. The highest BCUT2D eigenvalue weighted by atomic mass is 35.5. The maximum atomic E-state index is 14.9. The third kappa shape index (κ3) is 5.74. The predicted octanol–water partition coefficient (Wildman–Crippen LogP) is 9.95. The molecule has 0 spiro atoms. The van der Waals surface area contributed by atoms with Crippen molar-refractivity contribution < 1.29 is 8.78 Å². The first kappa shape index (κ1) is 23.7. The van der Waals surface area contributed by atoms with E-state index in [4.69, 9.17) is 11.6 Å². The van der Waals surface area contributed by atoms with Crippen LogP contribution in [0.3, 0.4) is 0 Å². The van der Waals surface area contributed by atoms with Gasteiger partial charge in [0.25, 0.3) is 0 Å². The summed E-state index contributed by atoms with van der Waals surface area (Å²) in [5.74, 6) is 2.29. The van der Waals surface area contributed by atoms with Crippen molar-refractivity contribution in [3.8, 4) is 11.1 Å². The van der Waals surface area contributed by atoms with E-state index in [0.29, 0.717) is 17.0 Å². The van der Waals surface area contributed by atoms with Gasteiger partial charge in [-0.25, -0.2) is 8.78 Å². The molecule has 0 amide bonds. The molecule has 4 atom stereocenters. The van der Waals surface area contributed by atoms with Crippen molar-refractivity contribution in [2.75, 3.05) is 0 Å². The lowest BCUT2D eigenvalue weighted by atomic mass is 9.63. The molecule has 2 aromatic rings. The van der Waals surface area contributed by atoms with Gasteiger partial charge in [-0.05, 0) is 85.1 Å². The Labute approximate surface area is 197 Å². The second-order valence-corrected chi connectivity index (χ2v) is 10.7. The highest BCUT2D eigenvalue weighted by Gasteiger charge is 2.35. The Kier molecular flexibility index (Phi) is 8.27. The average molecular weight is 459 g/mol. The Balaban J connectivity index is 1.33. The molecule has 2 aromatic carbocycles. The minimum atomic E-state index is -0.512. The van der Waals surface area contributed by atoms with Gasteiger partial charge >= 0.3 is 0 Å². The van der Waals surface area contributed by atoms with Crippen molar-refractivity contribution >= 4 is 11.6 Å². The van der Waals surface area contributed by atoms with Gasteiger partial charge in [0.05, 0.1) is 5.02 Å². The average Bonchev–Trinajstić information content (AvgIpc) is 2.80. The van der Waals surface area contributed by atoms with E-state index < -0.39 is 5.82 Å². The second-order valence-electron chi connectivity index (χ2n) is 10.3. The highest BCUT2D eigenvalue weighted by molar-refractivity contribution is 6.30. The number of benzene rings is 2. The Hall–Kier alpha value is -1.41. The van der Waals surface area contributed by atoms with E-state index in [1.807, 2.05) is 6.07 Å². The number of hydrogen-bond donors (Lipinski definition) is 0. The van der Waals surface area contributed by atoms with Gasteiger partial charge in [-0.2, -0.15) is 0 Å². The zero-order valence-electron chi connectivity index (χ0n) is 19.4. The first-order valence-corrected chi connectivity index (χ1v) is 13.2. The molecule has 1 unspecified atom stereocenters. The first-order valence-electron chi connectivity index (χ1n) is 12.8. The van der Waals surface area contributed by atoms with Crippen molar-refractivity contribution in [2.24, 2.45) is 17.8 Å². The standard InChI is InChI=1S/C29H37ClF2/c1-2-3-4-5-6-7-20-8-9-22-17-23(11-10-21(22)16-20)24-12-14-26(28(31)18-24)25-13-15-27(30)29(32)19-25/h12-15,18-23H,2-11,16-17H2,1H3/t20?,21-,22-,23-/m1/s1. The molecule has 2 aliphatic carbocycles. The number of fused-ring (bicyclic) bond motifs is 1. The SMILES string of the molecule is CCCCCCCC1CC[C@@H]2C[C@H](c3ccc(-c4ccc(Cl)c(F)c4)c(F)c3)CC[C@@H]2C1. The second kappa shape index (κ2) is 11.1. The summed E-state index contributed by atoms with van der Waals surface area (Å²) in [5.41, 5.74) is 2.09. The zero-order valence-corrected chi connectivity index (χ0v) is 20.1. The predicted molar refractivity (Wildman–Crippen MR) is 131 cm³/mol. The van der Waals surface area contributed by atoms with Crippen LogP contribution in [-0.4, -0.2) is 0 Å². The van der Waals surface area contributed by atoms with Crippen molar-refractivity contribution in [3.05, 3.63) is 58.6 Å². The highest BCUT2D eigenvalue weighted by Crippen LogP contribution is 2.48. The maximum Gasteiger partial charge on any atom is 0.142 e. The van der Waals surface area contributed by atoms with Crippen LogP contribution in [0.4, 0.5) is 8.78 Å². The molecule has 2 saturated carbocycles. The third-order valence-corrected chi connectivity index (χ3v) is 8.44.